The van der Waals surface area contributed by atoms with Gasteiger partial charge in [0.05, 0.1) is 5.69 Å². The highest BCUT2D eigenvalue weighted by atomic mass is 15.0. The summed E-state index contributed by atoms with van der Waals surface area (Å²) in [7, 11) is 0. The van der Waals surface area contributed by atoms with Gasteiger partial charge in [0.1, 0.15) is 5.82 Å². The fraction of sp³-hybridized carbons (Fsp3) is 0.583. The summed E-state index contributed by atoms with van der Waals surface area (Å²) in [6.07, 6.45) is 6.55. The van der Waals surface area contributed by atoms with Crippen LogP contribution in [0.3, 0.4) is 0 Å². The number of anilines is 2. The zero-order chi connectivity index (χ0) is 10.7. The lowest BCUT2D eigenvalue weighted by atomic mass is 9.95. The average Bonchev–Trinajstić information content (AvgIpc) is 2.24. The molecular weight excluding hydrogens is 186 g/mol. The zero-order valence-electron chi connectivity index (χ0n) is 9.29. The Morgan fingerprint density at radius 3 is 2.67 bits per heavy atom. The second-order valence-electron chi connectivity index (χ2n) is 4.36. The zero-order valence-corrected chi connectivity index (χ0v) is 9.29. The topological polar surface area (TPSA) is 50.9 Å². The van der Waals surface area contributed by atoms with Gasteiger partial charge in [-0.05, 0) is 31.9 Å². The molecule has 82 valence electrons. The minimum Gasteiger partial charge on any atom is -0.382 e. The normalized spacial score (nSPS) is 17.7. The van der Waals surface area contributed by atoms with E-state index in [-0.39, 0.29) is 0 Å². The number of hydrogen-bond donors (Lipinski definition) is 2. The molecule has 3 N–H and O–H groups in total. The number of hydrogen-bond acceptors (Lipinski definition) is 3. The van der Waals surface area contributed by atoms with Gasteiger partial charge in [0, 0.05) is 11.7 Å². The number of nitrogens with two attached hydrogens (primary N) is 1. The van der Waals surface area contributed by atoms with Gasteiger partial charge in [-0.3, -0.25) is 0 Å². The average molecular weight is 205 g/mol. The van der Waals surface area contributed by atoms with Gasteiger partial charge in [-0.25, -0.2) is 4.98 Å². The van der Waals surface area contributed by atoms with Crippen LogP contribution in [0.25, 0.3) is 0 Å². The minimum absolute atomic E-state index is 0.588. The molecule has 1 fully saturated rings. The lowest BCUT2D eigenvalue weighted by Gasteiger charge is -2.24. The van der Waals surface area contributed by atoms with Crippen LogP contribution in [0.2, 0.25) is 0 Å². The summed E-state index contributed by atoms with van der Waals surface area (Å²) in [6, 6.07) is 4.62. The van der Waals surface area contributed by atoms with E-state index < -0.39 is 0 Å². The van der Waals surface area contributed by atoms with Gasteiger partial charge in [0.15, 0.2) is 0 Å². The van der Waals surface area contributed by atoms with Crippen LogP contribution in [-0.4, -0.2) is 11.0 Å². The van der Waals surface area contributed by atoms with Crippen molar-refractivity contribution in [3.05, 3.63) is 17.8 Å². The maximum atomic E-state index is 5.86. The summed E-state index contributed by atoms with van der Waals surface area (Å²) < 4.78 is 0. The van der Waals surface area contributed by atoms with Crippen molar-refractivity contribution in [1.82, 2.24) is 4.98 Å². The monoisotopic (exact) mass is 205 g/mol. The molecule has 1 heterocycles. The van der Waals surface area contributed by atoms with Crippen molar-refractivity contribution in [2.45, 2.75) is 45.1 Å². The summed E-state index contributed by atoms with van der Waals surface area (Å²) in [6.45, 7) is 1.96. The van der Waals surface area contributed by atoms with E-state index in [1.54, 1.807) is 0 Å². The summed E-state index contributed by atoms with van der Waals surface area (Å²) >= 11 is 0. The number of nitrogen functional groups attached to an aromatic ring is 1. The highest BCUT2D eigenvalue weighted by molar-refractivity contribution is 5.62. The van der Waals surface area contributed by atoms with Crippen LogP contribution in [0.1, 0.15) is 37.8 Å². The fourth-order valence-corrected chi connectivity index (χ4v) is 2.17. The van der Waals surface area contributed by atoms with Crippen molar-refractivity contribution in [2.24, 2.45) is 0 Å². The Bertz CT molecular complexity index is 330. The number of aryl methyl sites for hydroxylation is 1. The molecule has 0 radical (unpaired) electrons. The van der Waals surface area contributed by atoms with Crippen LogP contribution in [0.5, 0.6) is 0 Å². The first kappa shape index (κ1) is 10.3. The Labute approximate surface area is 91.1 Å². The number of nitrogens with zero attached hydrogens (tertiary/aromatic N) is 1. The Kier molecular flexibility index (Phi) is 3.09. The number of nitrogens with one attached hydrogen (secondary N) is 1. The number of pyridine rings is 1. The van der Waals surface area contributed by atoms with Crippen LogP contribution in [0, 0.1) is 6.92 Å². The van der Waals surface area contributed by atoms with Gasteiger partial charge in [-0.1, -0.05) is 19.3 Å². The Hall–Kier alpha value is -1.25. The van der Waals surface area contributed by atoms with Gasteiger partial charge >= 0.3 is 0 Å². The standard InChI is InChI=1S/C12H19N3/c1-9-7-8-11(12(13)14-9)15-10-5-3-2-4-6-10/h7-8,10,15H,2-6H2,1H3,(H2,13,14). The van der Waals surface area contributed by atoms with Crippen LogP contribution in [-0.2, 0) is 0 Å². The van der Waals surface area contributed by atoms with E-state index in [2.05, 4.69) is 10.3 Å². The third-order valence-electron chi connectivity index (χ3n) is 3.03. The second-order valence-corrected chi connectivity index (χ2v) is 4.36. The maximum Gasteiger partial charge on any atom is 0.147 e. The van der Waals surface area contributed by atoms with Crippen molar-refractivity contribution >= 4 is 11.5 Å². The van der Waals surface area contributed by atoms with Gasteiger partial charge in [0.25, 0.3) is 0 Å². The Morgan fingerprint density at radius 2 is 2.00 bits per heavy atom. The Morgan fingerprint density at radius 1 is 1.27 bits per heavy atom. The molecule has 3 heteroatoms. The molecule has 0 atom stereocenters. The summed E-state index contributed by atoms with van der Waals surface area (Å²) in [5.41, 5.74) is 7.83. The lowest BCUT2D eigenvalue weighted by Crippen LogP contribution is -2.23. The fourth-order valence-electron chi connectivity index (χ4n) is 2.17. The largest absolute Gasteiger partial charge is 0.382 e. The number of rotatable bonds is 2. The third kappa shape index (κ3) is 2.61. The Balaban J connectivity index is 2.03. The first-order valence-electron chi connectivity index (χ1n) is 5.75. The SMILES string of the molecule is Cc1ccc(NC2CCCCC2)c(N)n1. The van der Waals surface area contributed by atoms with E-state index in [1.165, 1.54) is 32.1 Å². The molecule has 0 bridgehead atoms. The number of aromatic nitrogens is 1. The molecular formula is C12H19N3. The molecule has 1 aromatic heterocycles. The molecule has 0 aromatic carbocycles. The van der Waals surface area contributed by atoms with E-state index in [0.717, 1.165) is 11.4 Å². The van der Waals surface area contributed by atoms with Crippen molar-refractivity contribution in [3.8, 4) is 0 Å². The molecule has 1 saturated carbocycles. The van der Waals surface area contributed by atoms with E-state index in [4.69, 9.17) is 5.73 Å². The highest BCUT2D eigenvalue weighted by Crippen LogP contribution is 2.24. The molecule has 0 spiro atoms. The smallest absolute Gasteiger partial charge is 0.147 e. The first-order chi connectivity index (χ1) is 7.25. The van der Waals surface area contributed by atoms with Crippen molar-refractivity contribution in [2.75, 3.05) is 11.1 Å². The van der Waals surface area contributed by atoms with Crippen molar-refractivity contribution in [1.29, 1.82) is 0 Å². The lowest BCUT2D eigenvalue weighted by molar-refractivity contribution is 0.463. The quantitative estimate of drug-likeness (QED) is 0.780. The van der Waals surface area contributed by atoms with E-state index in [0.29, 0.717) is 11.9 Å². The molecule has 15 heavy (non-hydrogen) atoms. The molecule has 1 aliphatic rings. The predicted molar refractivity (Wildman–Crippen MR) is 63.9 cm³/mol. The summed E-state index contributed by atoms with van der Waals surface area (Å²) in [5.74, 6) is 0.626. The van der Waals surface area contributed by atoms with Gasteiger partial charge in [0.2, 0.25) is 0 Å². The van der Waals surface area contributed by atoms with Gasteiger partial charge in [-0.15, -0.1) is 0 Å². The molecule has 1 aliphatic carbocycles. The summed E-state index contributed by atoms with van der Waals surface area (Å²) in [5, 5.41) is 3.49. The van der Waals surface area contributed by atoms with E-state index in [9.17, 15) is 0 Å². The van der Waals surface area contributed by atoms with Crippen LogP contribution in [0.4, 0.5) is 11.5 Å². The molecule has 0 amide bonds. The van der Waals surface area contributed by atoms with Crippen LogP contribution in [0.15, 0.2) is 12.1 Å². The summed E-state index contributed by atoms with van der Waals surface area (Å²) in [4.78, 5) is 4.25. The van der Waals surface area contributed by atoms with E-state index >= 15 is 0 Å². The van der Waals surface area contributed by atoms with Crippen LogP contribution >= 0.6 is 0 Å². The predicted octanol–water partition coefficient (Wildman–Crippen LogP) is 2.72. The molecule has 3 nitrogen and oxygen atoms in total. The second kappa shape index (κ2) is 4.51. The molecule has 1 aromatic rings. The van der Waals surface area contributed by atoms with E-state index in [1.807, 2.05) is 19.1 Å². The molecule has 0 aliphatic heterocycles. The van der Waals surface area contributed by atoms with Gasteiger partial charge in [-0.2, -0.15) is 0 Å². The van der Waals surface area contributed by atoms with Crippen LogP contribution < -0.4 is 11.1 Å². The minimum atomic E-state index is 0.588. The molecule has 0 saturated heterocycles. The maximum absolute atomic E-state index is 5.86. The van der Waals surface area contributed by atoms with Crippen molar-refractivity contribution < 1.29 is 0 Å². The van der Waals surface area contributed by atoms with Crippen molar-refractivity contribution in [3.63, 3.8) is 0 Å². The third-order valence-corrected chi connectivity index (χ3v) is 3.03. The molecule has 2 rings (SSSR count). The first-order valence-corrected chi connectivity index (χ1v) is 5.75. The van der Waals surface area contributed by atoms with Gasteiger partial charge < -0.3 is 11.1 Å². The highest BCUT2D eigenvalue weighted by Gasteiger charge is 2.14. The molecule has 0 unspecified atom stereocenters.